The molecule has 0 aliphatic rings. The van der Waals surface area contributed by atoms with E-state index in [2.05, 4.69) is 20.2 Å². The zero-order valence-electron chi connectivity index (χ0n) is 7.25. The smallest absolute Gasteiger partial charge is 0.138 e. The van der Waals surface area contributed by atoms with E-state index in [4.69, 9.17) is 0 Å². The predicted octanol–water partition coefficient (Wildman–Crippen LogP) is 1.57. The summed E-state index contributed by atoms with van der Waals surface area (Å²) < 4.78 is 0. The van der Waals surface area contributed by atoms with Crippen LogP contribution in [-0.4, -0.2) is 20.2 Å². The minimum atomic E-state index is 0.755. The normalized spacial score (nSPS) is 10.9. The van der Waals surface area contributed by atoms with Crippen molar-refractivity contribution in [1.82, 2.24) is 20.2 Å². The van der Waals surface area contributed by atoms with Crippen LogP contribution in [-0.2, 0) is 0 Å². The summed E-state index contributed by atoms with van der Waals surface area (Å²) in [6, 6.07) is 7.81. The van der Waals surface area contributed by atoms with E-state index in [1.807, 2.05) is 24.3 Å². The highest BCUT2D eigenvalue weighted by Gasteiger charge is 2.02. The molecule has 0 bridgehead atoms. The van der Waals surface area contributed by atoms with Gasteiger partial charge >= 0.3 is 0 Å². The predicted molar refractivity (Wildman–Crippen MR) is 52.6 cm³/mol. The molecule has 0 saturated carbocycles. The van der Waals surface area contributed by atoms with Crippen LogP contribution in [0.3, 0.4) is 0 Å². The minimum absolute atomic E-state index is 0.755. The van der Waals surface area contributed by atoms with Gasteiger partial charge in [0.05, 0.1) is 11.0 Å². The molecule has 3 rings (SSSR count). The van der Waals surface area contributed by atoms with Gasteiger partial charge in [0.1, 0.15) is 11.8 Å². The molecule has 0 fully saturated rings. The molecule has 0 saturated heterocycles. The molecule has 0 atom stereocenters. The third-order valence-electron chi connectivity index (χ3n) is 2.13. The van der Waals surface area contributed by atoms with Gasteiger partial charge in [-0.25, -0.2) is 4.98 Å². The fourth-order valence-electron chi connectivity index (χ4n) is 1.49. The molecular weight excluding hydrogens is 176 g/mol. The van der Waals surface area contributed by atoms with Crippen molar-refractivity contribution >= 4 is 21.9 Å². The summed E-state index contributed by atoms with van der Waals surface area (Å²) in [4.78, 5) is 8.38. The number of fused-ring (bicyclic) bond motifs is 3. The Bertz CT molecular complexity index is 551. The van der Waals surface area contributed by atoms with Crippen molar-refractivity contribution in [3.63, 3.8) is 0 Å². The van der Waals surface area contributed by atoms with Crippen LogP contribution in [0, 0.1) is 0 Å². The molecular formula is C10H6N4. The third kappa shape index (κ3) is 0.939. The summed E-state index contributed by atoms with van der Waals surface area (Å²) in [7, 11) is 0. The lowest BCUT2D eigenvalue weighted by atomic mass is 10.2. The Morgan fingerprint density at radius 2 is 1.93 bits per heavy atom. The van der Waals surface area contributed by atoms with Crippen molar-refractivity contribution in [1.29, 1.82) is 0 Å². The largest absolute Gasteiger partial charge is 0.254 e. The number of nitrogens with zero attached hydrogens (tertiary/aromatic N) is 4. The Kier molecular flexibility index (Phi) is 1.41. The SMILES string of the molecule is c1cnc2c(c1)ccc1ncnnc12. The molecule has 1 aromatic carbocycles. The second-order valence-corrected chi connectivity index (χ2v) is 2.97. The number of hydrogen-bond acceptors (Lipinski definition) is 4. The van der Waals surface area contributed by atoms with Crippen LogP contribution in [0.4, 0.5) is 0 Å². The number of pyridine rings is 1. The molecule has 0 radical (unpaired) electrons. The van der Waals surface area contributed by atoms with Gasteiger partial charge in [-0.05, 0) is 12.1 Å². The van der Waals surface area contributed by atoms with Gasteiger partial charge in [-0.15, -0.1) is 10.2 Å². The molecule has 66 valence electrons. The molecule has 2 heterocycles. The first-order chi connectivity index (χ1) is 6.95. The topological polar surface area (TPSA) is 51.6 Å². The molecule has 0 amide bonds. The van der Waals surface area contributed by atoms with Crippen LogP contribution in [0.15, 0.2) is 36.8 Å². The van der Waals surface area contributed by atoms with E-state index in [9.17, 15) is 0 Å². The van der Waals surface area contributed by atoms with E-state index in [1.54, 1.807) is 6.20 Å². The molecule has 0 aliphatic heterocycles. The van der Waals surface area contributed by atoms with E-state index in [0.29, 0.717) is 0 Å². The zero-order chi connectivity index (χ0) is 9.38. The number of benzene rings is 1. The van der Waals surface area contributed by atoms with Crippen LogP contribution in [0.25, 0.3) is 21.9 Å². The first kappa shape index (κ1) is 7.32. The quantitative estimate of drug-likeness (QED) is 0.495. The van der Waals surface area contributed by atoms with Crippen LogP contribution in [0.5, 0.6) is 0 Å². The summed E-state index contributed by atoms with van der Waals surface area (Å²) in [5, 5.41) is 8.85. The van der Waals surface area contributed by atoms with Gasteiger partial charge in [-0.1, -0.05) is 12.1 Å². The van der Waals surface area contributed by atoms with Crippen LogP contribution < -0.4 is 0 Å². The van der Waals surface area contributed by atoms with Crippen molar-refractivity contribution in [3.05, 3.63) is 36.8 Å². The first-order valence-corrected chi connectivity index (χ1v) is 4.26. The van der Waals surface area contributed by atoms with Gasteiger partial charge in [0.2, 0.25) is 0 Å². The summed E-state index contributed by atoms with van der Waals surface area (Å²) in [6.45, 7) is 0. The lowest BCUT2D eigenvalue weighted by Gasteiger charge is -1.98. The number of aromatic nitrogens is 4. The molecule has 2 aromatic heterocycles. The second-order valence-electron chi connectivity index (χ2n) is 2.97. The molecule has 4 nitrogen and oxygen atoms in total. The van der Waals surface area contributed by atoms with E-state index in [1.165, 1.54) is 6.33 Å². The van der Waals surface area contributed by atoms with Gasteiger partial charge in [0.25, 0.3) is 0 Å². The van der Waals surface area contributed by atoms with Crippen molar-refractivity contribution in [2.24, 2.45) is 0 Å². The average Bonchev–Trinajstić information content (AvgIpc) is 2.29. The van der Waals surface area contributed by atoms with Gasteiger partial charge in [-0.3, -0.25) is 4.98 Å². The van der Waals surface area contributed by atoms with E-state index in [-0.39, 0.29) is 0 Å². The summed E-state index contributed by atoms with van der Waals surface area (Å²) in [6.07, 6.45) is 3.19. The number of rotatable bonds is 0. The van der Waals surface area contributed by atoms with Crippen LogP contribution in [0.2, 0.25) is 0 Å². The highest BCUT2D eigenvalue weighted by atomic mass is 15.1. The minimum Gasteiger partial charge on any atom is -0.254 e. The third-order valence-corrected chi connectivity index (χ3v) is 2.13. The fraction of sp³-hybridized carbons (Fsp3) is 0. The second kappa shape index (κ2) is 2.70. The summed E-state index contributed by atoms with van der Waals surface area (Å²) in [5.41, 5.74) is 2.43. The highest BCUT2D eigenvalue weighted by molar-refractivity contribution is 6.00. The van der Waals surface area contributed by atoms with Crippen molar-refractivity contribution in [3.8, 4) is 0 Å². The first-order valence-electron chi connectivity index (χ1n) is 4.26. The fourth-order valence-corrected chi connectivity index (χ4v) is 1.49. The molecule has 0 aliphatic carbocycles. The van der Waals surface area contributed by atoms with Crippen molar-refractivity contribution in [2.45, 2.75) is 0 Å². The molecule has 4 heteroatoms. The Morgan fingerprint density at radius 3 is 2.93 bits per heavy atom. The average molecular weight is 182 g/mol. The summed E-state index contributed by atoms with van der Waals surface area (Å²) >= 11 is 0. The Balaban J connectivity index is 2.61. The maximum atomic E-state index is 4.27. The van der Waals surface area contributed by atoms with Crippen LogP contribution >= 0.6 is 0 Å². The van der Waals surface area contributed by atoms with Gasteiger partial charge in [-0.2, -0.15) is 0 Å². The van der Waals surface area contributed by atoms with Crippen molar-refractivity contribution < 1.29 is 0 Å². The van der Waals surface area contributed by atoms with Crippen LogP contribution in [0.1, 0.15) is 0 Å². The van der Waals surface area contributed by atoms with Gasteiger partial charge in [0.15, 0.2) is 0 Å². The Hall–Kier alpha value is -2.10. The van der Waals surface area contributed by atoms with E-state index in [0.717, 1.165) is 21.9 Å². The monoisotopic (exact) mass is 182 g/mol. The molecule has 3 aromatic rings. The Labute approximate surface area is 79.6 Å². The molecule has 14 heavy (non-hydrogen) atoms. The molecule has 0 spiro atoms. The van der Waals surface area contributed by atoms with Gasteiger partial charge in [0, 0.05) is 11.6 Å². The van der Waals surface area contributed by atoms with E-state index < -0.39 is 0 Å². The number of hydrogen-bond donors (Lipinski definition) is 0. The van der Waals surface area contributed by atoms with E-state index >= 15 is 0 Å². The maximum absolute atomic E-state index is 4.27. The maximum Gasteiger partial charge on any atom is 0.138 e. The molecule has 0 unspecified atom stereocenters. The lowest BCUT2D eigenvalue weighted by molar-refractivity contribution is 1.02. The molecule has 0 N–H and O–H groups in total. The Morgan fingerprint density at radius 1 is 0.929 bits per heavy atom. The summed E-state index contributed by atoms with van der Waals surface area (Å²) in [5.74, 6) is 0. The zero-order valence-corrected chi connectivity index (χ0v) is 7.25. The van der Waals surface area contributed by atoms with Gasteiger partial charge < -0.3 is 0 Å². The van der Waals surface area contributed by atoms with Crippen molar-refractivity contribution in [2.75, 3.05) is 0 Å². The highest BCUT2D eigenvalue weighted by Crippen LogP contribution is 2.18. The standard InChI is InChI=1S/C10H6N4/c1-2-7-3-4-8-10(9(7)11-5-1)14-13-6-12-8/h1-6H. The lowest BCUT2D eigenvalue weighted by Crippen LogP contribution is -1.89.